The van der Waals surface area contributed by atoms with Crippen LogP contribution in [0.15, 0.2) is 40.2 Å². The van der Waals surface area contributed by atoms with E-state index in [2.05, 4.69) is 49.9 Å². The molecule has 7 heteroatoms. The van der Waals surface area contributed by atoms with E-state index in [9.17, 15) is 4.79 Å². The minimum atomic E-state index is -0.0458. The van der Waals surface area contributed by atoms with Crippen LogP contribution in [0.2, 0.25) is 0 Å². The highest BCUT2D eigenvalue weighted by atomic mass is 32.1. The molecule has 0 bridgehead atoms. The van der Waals surface area contributed by atoms with Crippen molar-refractivity contribution in [3.05, 3.63) is 47.0 Å². The van der Waals surface area contributed by atoms with Crippen LogP contribution in [0.1, 0.15) is 11.3 Å². The van der Waals surface area contributed by atoms with E-state index in [1.165, 1.54) is 15.6 Å². The van der Waals surface area contributed by atoms with Gasteiger partial charge >= 0.3 is 0 Å². The van der Waals surface area contributed by atoms with E-state index in [1.807, 2.05) is 11.3 Å². The molecule has 1 N–H and O–H groups in total. The predicted molar refractivity (Wildman–Crippen MR) is 103 cm³/mol. The van der Waals surface area contributed by atoms with E-state index >= 15 is 0 Å². The highest BCUT2D eigenvalue weighted by Crippen LogP contribution is 2.26. The van der Waals surface area contributed by atoms with Gasteiger partial charge in [-0.1, -0.05) is 23.4 Å². The van der Waals surface area contributed by atoms with Gasteiger partial charge in [-0.15, -0.1) is 11.3 Å². The summed E-state index contributed by atoms with van der Waals surface area (Å²) in [7, 11) is 0. The summed E-state index contributed by atoms with van der Waals surface area (Å²) in [6, 6.07) is 10.3. The first kappa shape index (κ1) is 17.2. The number of aryl methyl sites for hydroxylation is 1. The van der Waals surface area contributed by atoms with Gasteiger partial charge < -0.3 is 9.84 Å². The number of hydrogen-bond acceptors (Lipinski definition) is 6. The highest BCUT2D eigenvalue weighted by Gasteiger charge is 2.20. The summed E-state index contributed by atoms with van der Waals surface area (Å²) in [5.74, 6) is 1.13. The lowest BCUT2D eigenvalue weighted by Gasteiger charge is -2.34. The first-order valence-electron chi connectivity index (χ1n) is 8.80. The molecule has 1 fully saturated rings. The number of aromatic nitrogens is 1. The van der Waals surface area contributed by atoms with Gasteiger partial charge in [-0.05, 0) is 29.3 Å². The second kappa shape index (κ2) is 7.57. The van der Waals surface area contributed by atoms with E-state index in [4.69, 9.17) is 4.52 Å². The minimum Gasteiger partial charge on any atom is -0.360 e. The number of amides is 1. The second-order valence-electron chi connectivity index (χ2n) is 6.68. The SMILES string of the molecule is Cc1cc(NC(=O)CN2CCN(Cc3csc4ccccc34)CC2)no1. The van der Waals surface area contributed by atoms with Crippen LogP contribution in [-0.4, -0.2) is 53.6 Å². The van der Waals surface area contributed by atoms with E-state index in [1.54, 1.807) is 13.0 Å². The van der Waals surface area contributed by atoms with Crippen molar-refractivity contribution in [3.63, 3.8) is 0 Å². The molecule has 1 saturated heterocycles. The van der Waals surface area contributed by atoms with Gasteiger partial charge in [0.15, 0.2) is 5.82 Å². The minimum absolute atomic E-state index is 0.0458. The Kier molecular flexibility index (Phi) is 5.01. The van der Waals surface area contributed by atoms with Crippen molar-refractivity contribution in [2.45, 2.75) is 13.5 Å². The maximum absolute atomic E-state index is 12.1. The normalized spacial score (nSPS) is 16.2. The lowest BCUT2D eigenvalue weighted by molar-refractivity contribution is -0.117. The van der Waals surface area contributed by atoms with Crippen molar-refractivity contribution in [3.8, 4) is 0 Å². The van der Waals surface area contributed by atoms with Crippen LogP contribution in [0.25, 0.3) is 10.1 Å². The summed E-state index contributed by atoms with van der Waals surface area (Å²) < 4.78 is 6.31. The largest absolute Gasteiger partial charge is 0.360 e. The van der Waals surface area contributed by atoms with Crippen LogP contribution >= 0.6 is 11.3 Å². The molecule has 3 heterocycles. The van der Waals surface area contributed by atoms with E-state index in [0.717, 1.165) is 32.7 Å². The number of rotatable bonds is 5. The van der Waals surface area contributed by atoms with Crippen molar-refractivity contribution < 1.29 is 9.32 Å². The maximum Gasteiger partial charge on any atom is 0.239 e. The number of nitrogens with one attached hydrogen (secondary N) is 1. The van der Waals surface area contributed by atoms with Crippen molar-refractivity contribution in [1.29, 1.82) is 0 Å². The fourth-order valence-electron chi connectivity index (χ4n) is 3.31. The first-order chi connectivity index (χ1) is 12.7. The molecule has 0 aliphatic carbocycles. The van der Waals surface area contributed by atoms with E-state index in [-0.39, 0.29) is 5.91 Å². The summed E-state index contributed by atoms with van der Waals surface area (Å²) in [5.41, 5.74) is 1.40. The zero-order chi connectivity index (χ0) is 17.9. The van der Waals surface area contributed by atoms with Crippen molar-refractivity contribution >= 4 is 33.1 Å². The molecule has 136 valence electrons. The van der Waals surface area contributed by atoms with Gasteiger partial charge in [0.05, 0.1) is 6.54 Å². The second-order valence-corrected chi connectivity index (χ2v) is 7.59. The smallest absolute Gasteiger partial charge is 0.239 e. The molecule has 0 saturated carbocycles. The Morgan fingerprint density at radius 2 is 2.00 bits per heavy atom. The topological polar surface area (TPSA) is 61.6 Å². The van der Waals surface area contributed by atoms with Crippen molar-refractivity contribution in [2.24, 2.45) is 0 Å². The summed E-state index contributed by atoms with van der Waals surface area (Å²) >= 11 is 1.81. The molecule has 2 aromatic heterocycles. The van der Waals surface area contributed by atoms with Gasteiger partial charge in [-0.2, -0.15) is 0 Å². The maximum atomic E-state index is 12.1. The number of nitrogens with zero attached hydrogens (tertiary/aromatic N) is 3. The molecule has 1 aliphatic rings. The van der Waals surface area contributed by atoms with E-state index < -0.39 is 0 Å². The van der Waals surface area contributed by atoms with Crippen LogP contribution in [0.3, 0.4) is 0 Å². The average Bonchev–Trinajstić information content (AvgIpc) is 3.23. The molecular weight excluding hydrogens is 348 g/mol. The van der Waals surface area contributed by atoms with Crippen molar-refractivity contribution in [2.75, 3.05) is 38.0 Å². The fraction of sp³-hybridized carbons (Fsp3) is 0.368. The molecule has 1 amide bonds. The third-order valence-electron chi connectivity index (χ3n) is 4.68. The molecule has 1 aliphatic heterocycles. The van der Waals surface area contributed by atoms with Crippen LogP contribution in [-0.2, 0) is 11.3 Å². The third kappa shape index (κ3) is 3.95. The molecule has 1 aromatic carbocycles. The number of piperazine rings is 1. The monoisotopic (exact) mass is 370 g/mol. The van der Waals surface area contributed by atoms with Crippen LogP contribution in [0.4, 0.5) is 5.82 Å². The predicted octanol–water partition coefficient (Wildman–Crippen LogP) is 2.95. The molecule has 0 unspecified atom stereocenters. The number of anilines is 1. The number of thiophene rings is 1. The van der Waals surface area contributed by atoms with E-state index in [0.29, 0.717) is 18.1 Å². The molecule has 4 rings (SSSR count). The number of hydrogen-bond donors (Lipinski definition) is 1. The molecular formula is C19H22N4O2S. The fourth-order valence-corrected chi connectivity index (χ4v) is 4.27. The van der Waals surface area contributed by atoms with Gasteiger partial charge in [0.1, 0.15) is 5.76 Å². The first-order valence-corrected chi connectivity index (χ1v) is 9.68. The molecule has 0 atom stereocenters. The number of carbonyl (C=O) groups is 1. The summed E-state index contributed by atoms with van der Waals surface area (Å²) in [6.07, 6.45) is 0. The Morgan fingerprint density at radius 3 is 2.77 bits per heavy atom. The zero-order valence-corrected chi connectivity index (χ0v) is 15.6. The van der Waals surface area contributed by atoms with Crippen LogP contribution in [0, 0.1) is 6.92 Å². The van der Waals surface area contributed by atoms with Gasteiger partial charge in [0.25, 0.3) is 0 Å². The Balaban J connectivity index is 1.27. The van der Waals surface area contributed by atoms with Gasteiger partial charge in [-0.25, -0.2) is 0 Å². The summed E-state index contributed by atoms with van der Waals surface area (Å²) in [5, 5.41) is 10.2. The average molecular weight is 370 g/mol. The highest BCUT2D eigenvalue weighted by molar-refractivity contribution is 7.17. The van der Waals surface area contributed by atoms with Crippen LogP contribution < -0.4 is 5.32 Å². The Labute approximate surface area is 156 Å². The molecule has 6 nitrogen and oxygen atoms in total. The summed E-state index contributed by atoms with van der Waals surface area (Å²) in [4.78, 5) is 16.8. The van der Waals surface area contributed by atoms with Gasteiger partial charge in [0.2, 0.25) is 5.91 Å². The molecule has 3 aromatic rings. The molecule has 26 heavy (non-hydrogen) atoms. The quantitative estimate of drug-likeness (QED) is 0.748. The van der Waals surface area contributed by atoms with Gasteiger partial charge in [0, 0.05) is 43.5 Å². The Bertz CT molecular complexity index is 896. The lowest BCUT2D eigenvalue weighted by atomic mass is 10.1. The number of carbonyl (C=O) groups excluding carboxylic acids is 1. The summed E-state index contributed by atoms with van der Waals surface area (Å²) in [6.45, 7) is 6.91. The van der Waals surface area contributed by atoms with Gasteiger partial charge in [-0.3, -0.25) is 14.6 Å². The Morgan fingerprint density at radius 1 is 1.23 bits per heavy atom. The standard InChI is InChI=1S/C19H22N4O2S/c1-14-10-18(21-25-14)20-19(24)12-23-8-6-22(7-9-23)11-15-13-26-17-5-3-2-4-16(15)17/h2-5,10,13H,6-9,11-12H2,1H3,(H,20,21,24). The molecule has 0 radical (unpaired) electrons. The zero-order valence-electron chi connectivity index (χ0n) is 14.8. The Hall–Kier alpha value is -2.22. The third-order valence-corrected chi connectivity index (χ3v) is 5.69. The molecule has 0 spiro atoms. The number of fused-ring (bicyclic) bond motifs is 1. The lowest BCUT2D eigenvalue weighted by Crippen LogP contribution is -2.48. The van der Waals surface area contributed by atoms with Crippen LogP contribution in [0.5, 0.6) is 0 Å². The number of benzene rings is 1. The van der Waals surface area contributed by atoms with Crippen molar-refractivity contribution in [1.82, 2.24) is 15.0 Å².